The Hall–Kier alpha value is -1.46. The number of carbonyl (C=O) groups is 1. The Morgan fingerprint density at radius 2 is 2.28 bits per heavy atom. The van der Waals surface area contributed by atoms with Crippen LogP contribution in [0.2, 0.25) is 5.15 Å². The number of amides is 1. The van der Waals surface area contributed by atoms with Crippen LogP contribution < -0.4 is 5.32 Å². The second-order valence-electron chi connectivity index (χ2n) is 3.58. The van der Waals surface area contributed by atoms with Crippen molar-refractivity contribution in [3.8, 4) is 0 Å². The second-order valence-corrected chi connectivity index (χ2v) is 4.80. The van der Waals surface area contributed by atoms with Gasteiger partial charge in [0.15, 0.2) is 0 Å². The molecule has 4 nitrogen and oxygen atoms in total. The van der Waals surface area contributed by atoms with Crippen LogP contribution in [0.3, 0.4) is 0 Å². The fraction of sp³-hybridized carbons (Fsp3) is 0.0833. The minimum atomic E-state index is -0.126. The van der Waals surface area contributed by atoms with Crippen LogP contribution in [0, 0.1) is 0 Å². The van der Waals surface area contributed by atoms with Gasteiger partial charge in [0.2, 0.25) is 5.91 Å². The van der Waals surface area contributed by atoms with E-state index in [0.29, 0.717) is 15.3 Å². The van der Waals surface area contributed by atoms with Gasteiger partial charge in [0.05, 0.1) is 22.8 Å². The first-order chi connectivity index (χ1) is 8.65. The molecule has 0 radical (unpaired) electrons. The molecule has 1 amide bonds. The standard InChI is InChI=1S/C12H9BrClN3O/c13-10-5-9(7-16-12(10)14)17-11(18)4-8-2-1-3-15-6-8/h1-3,5-7H,4H2,(H,17,18). The molecule has 0 saturated heterocycles. The molecule has 18 heavy (non-hydrogen) atoms. The number of anilines is 1. The number of hydrogen-bond donors (Lipinski definition) is 1. The molecule has 0 aliphatic carbocycles. The lowest BCUT2D eigenvalue weighted by Crippen LogP contribution is -2.14. The number of nitrogens with zero attached hydrogens (tertiary/aromatic N) is 2. The van der Waals surface area contributed by atoms with Crippen molar-refractivity contribution in [2.75, 3.05) is 5.32 Å². The van der Waals surface area contributed by atoms with Gasteiger partial charge in [0, 0.05) is 12.4 Å². The molecule has 6 heteroatoms. The molecule has 0 fully saturated rings. The summed E-state index contributed by atoms with van der Waals surface area (Å²) in [5.41, 5.74) is 1.45. The van der Waals surface area contributed by atoms with Crippen LogP contribution in [0.4, 0.5) is 5.69 Å². The van der Waals surface area contributed by atoms with Crippen LogP contribution in [0.1, 0.15) is 5.56 Å². The predicted molar refractivity (Wildman–Crippen MR) is 73.5 cm³/mol. The number of hydrogen-bond acceptors (Lipinski definition) is 3. The van der Waals surface area contributed by atoms with Crippen LogP contribution >= 0.6 is 27.5 Å². The van der Waals surface area contributed by atoms with Gasteiger partial charge in [-0.1, -0.05) is 17.7 Å². The zero-order valence-corrected chi connectivity index (χ0v) is 11.6. The molecule has 0 aromatic carbocycles. The fourth-order valence-electron chi connectivity index (χ4n) is 1.38. The van der Waals surface area contributed by atoms with E-state index in [1.54, 1.807) is 24.5 Å². The first-order valence-electron chi connectivity index (χ1n) is 5.15. The van der Waals surface area contributed by atoms with Crippen molar-refractivity contribution >= 4 is 39.1 Å². The highest BCUT2D eigenvalue weighted by Gasteiger charge is 2.06. The Balaban J connectivity index is 2.01. The maximum atomic E-state index is 11.8. The Kier molecular flexibility index (Phi) is 4.28. The van der Waals surface area contributed by atoms with Crippen molar-refractivity contribution in [1.29, 1.82) is 0 Å². The van der Waals surface area contributed by atoms with E-state index in [1.807, 2.05) is 6.07 Å². The normalized spacial score (nSPS) is 10.1. The lowest BCUT2D eigenvalue weighted by atomic mass is 10.2. The largest absolute Gasteiger partial charge is 0.324 e. The van der Waals surface area contributed by atoms with Crippen molar-refractivity contribution in [2.24, 2.45) is 0 Å². The van der Waals surface area contributed by atoms with Crippen molar-refractivity contribution < 1.29 is 4.79 Å². The molecule has 1 N–H and O–H groups in total. The number of carbonyl (C=O) groups excluding carboxylic acids is 1. The summed E-state index contributed by atoms with van der Waals surface area (Å²) in [5.74, 6) is -0.126. The van der Waals surface area contributed by atoms with Gasteiger partial charge in [0.25, 0.3) is 0 Å². The first kappa shape index (κ1) is 13.0. The highest BCUT2D eigenvalue weighted by Crippen LogP contribution is 2.22. The highest BCUT2D eigenvalue weighted by molar-refractivity contribution is 9.10. The molecular weight excluding hydrogens is 318 g/mol. The Bertz CT molecular complexity index is 563. The first-order valence-corrected chi connectivity index (χ1v) is 6.32. The van der Waals surface area contributed by atoms with Gasteiger partial charge in [0.1, 0.15) is 5.15 Å². The van der Waals surface area contributed by atoms with Crippen molar-refractivity contribution in [3.05, 3.63) is 52.0 Å². The third-order valence-electron chi connectivity index (χ3n) is 2.17. The molecule has 0 unspecified atom stereocenters. The summed E-state index contributed by atoms with van der Waals surface area (Å²) in [7, 11) is 0. The van der Waals surface area contributed by atoms with Gasteiger partial charge in [-0.2, -0.15) is 0 Å². The molecule has 2 aromatic rings. The number of rotatable bonds is 3. The smallest absolute Gasteiger partial charge is 0.228 e. The third kappa shape index (κ3) is 3.51. The van der Waals surface area contributed by atoms with E-state index in [9.17, 15) is 4.79 Å². The topological polar surface area (TPSA) is 54.9 Å². The van der Waals surface area contributed by atoms with E-state index in [1.165, 1.54) is 6.20 Å². The minimum absolute atomic E-state index is 0.126. The van der Waals surface area contributed by atoms with Crippen LogP contribution in [0.25, 0.3) is 0 Å². The van der Waals surface area contributed by atoms with E-state index in [0.717, 1.165) is 5.56 Å². The Labute approximate surface area is 118 Å². The van der Waals surface area contributed by atoms with E-state index in [4.69, 9.17) is 11.6 Å². The molecule has 0 aliphatic rings. The van der Waals surface area contributed by atoms with Crippen LogP contribution in [-0.2, 0) is 11.2 Å². The Morgan fingerprint density at radius 3 is 2.94 bits per heavy atom. The summed E-state index contributed by atoms with van der Waals surface area (Å²) in [4.78, 5) is 19.6. The average Bonchev–Trinajstić information content (AvgIpc) is 2.35. The monoisotopic (exact) mass is 325 g/mol. The summed E-state index contributed by atoms with van der Waals surface area (Å²) in [6.07, 6.45) is 5.11. The van der Waals surface area contributed by atoms with Crippen LogP contribution in [0.15, 0.2) is 41.3 Å². The van der Waals surface area contributed by atoms with Gasteiger partial charge in [-0.3, -0.25) is 9.78 Å². The second kappa shape index (κ2) is 5.93. The summed E-state index contributed by atoms with van der Waals surface area (Å²) < 4.78 is 0.642. The van der Waals surface area contributed by atoms with Crippen molar-refractivity contribution in [3.63, 3.8) is 0 Å². The predicted octanol–water partition coefficient (Wildman–Crippen LogP) is 3.07. The van der Waals surface area contributed by atoms with Crippen molar-refractivity contribution in [1.82, 2.24) is 9.97 Å². The maximum absolute atomic E-state index is 11.8. The highest BCUT2D eigenvalue weighted by atomic mass is 79.9. The van der Waals surface area contributed by atoms with Gasteiger partial charge in [-0.25, -0.2) is 4.98 Å². The summed E-state index contributed by atoms with van der Waals surface area (Å²) in [5, 5.41) is 3.10. The fourth-order valence-corrected chi connectivity index (χ4v) is 1.84. The molecule has 0 aliphatic heterocycles. The van der Waals surface area contributed by atoms with Gasteiger partial charge >= 0.3 is 0 Å². The summed E-state index contributed by atoms with van der Waals surface area (Å²) >= 11 is 9.02. The van der Waals surface area contributed by atoms with Crippen molar-refractivity contribution in [2.45, 2.75) is 6.42 Å². The van der Waals surface area contributed by atoms with E-state index in [2.05, 4.69) is 31.2 Å². The van der Waals surface area contributed by atoms with Gasteiger partial charge < -0.3 is 5.32 Å². The molecule has 0 saturated carbocycles. The zero-order chi connectivity index (χ0) is 13.0. The lowest BCUT2D eigenvalue weighted by Gasteiger charge is -2.05. The third-order valence-corrected chi connectivity index (χ3v) is 3.30. The molecule has 92 valence electrons. The summed E-state index contributed by atoms with van der Waals surface area (Å²) in [6, 6.07) is 5.35. The molecule has 2 heterocycles. The number of nitrogens with one attached hydrogen (secondary N) is 1. The van der Waals surface area contributed by atoms with Gasteiger partial charge in [-0.05, 0) is 33.6 Å². The molecule has 2 aromatic heterocycles. The van der Waals surface area contributed by atoms with E-state index in [-0.39, 0.29) is 12.3 Å². The summed E-state index contributed by atoms with van der Waals surface area (Å²) in [6.45, 7) is 0. The van der Waals surface area contributed by atoms with Gasteiger partial charge in [-0.15, -0.1) is 0 Å². The number of halogens is 2. The average molecular weight is 327 g/mol. The molecular formula is C12H9BrClN3O. The Morgan fingerprint density at radius 1 is 1.44 bits per heavy atom. The number of pyridine rings is 2. The van der Waals surface area contributed by atoms with E-state index >= 15 is 0 Å². The lowest BCUT2D eigenvalue weighted by molar-refractivity contribution is -0.115. The molecule has 0 spiro atoms. The maximum Gasteiger partial charge on any atom is 0.228 e. The van der Waals surface area contributed by atoms with Crippen LogP contribution in [-0.4, -0.2) is 15.9 Å². The zero-order valence-electron chi connectivity index (χ0n) is 9.23. The number of aromatic nitrogens is 2. The van der Waals surface area contributed by atoms with Crippen LogP contribution in [0.5, 0.6) is 0 Å². The van der Waals surface area contributed by atoms with E-state index < -0.39 is 0 Å². The quantitative estimate of drug-likeness (QED) is 0.882. The molecule has 0 atom stereocenters. The minimum Gasteiger partial charge on any atom is -0.324 e. The molecule has 2 rings (SSSR count). The SMILES string of the molecule is O=C(Cc1cccnc1)Nc1cnc(Cl)c(Br)c1. The molecule has 0 bridgehead atoms.